The van der Waals surface area contributed by atoms with Gasteiger partial charge in [-0.2, -0.15) is 0 Å². The Bertz CT molecular complexity index is 500. The Hall–Kier alpha value is -0.610. The molecule has 0 bridgehead atoms. The molecule has 0 amide bonds. The van der Waals surface area contributed by atoms with Crippen LogP contribution in [0.25, 0.3) is 0 Å². The minimum Gasteiger partial charge on any atom is -0.310 e. The van der Waals surface area contributed by atoms with Crippen LogP contribution in [0.1, 0.15) is 23.5 Å². The second-order valence-corrected chi connectivity index (χ2v) is 5.84. The van der Waals surface area contributed by atoms with E-state index in [4.69, 9.17) is 23.2 Å². The summed E-state index contributed by atoms with van der Waals surface area (Å²) in [5, 5.41) is 7.95. The molecule has 2 rings (SSSR count). The lowest BCUT2D eigenvalue weighted by molar-refractivity contribution is 0.576. The Kier molecular flexibility index (Phi) is 5.01. The lowest BCUT2D eigenvalue weighted by Gasteiger charge is -2.15. The van der Waals surface area contributed by atoms with Gasteiger partial charge in [0.2, 0.25) is 0 Å². The number of benzene rings is 1. The zero-order valence-corrected chi connectivity index (χ0v) is 12.3. The van der Waals surface area contributed by atoms with Crippen LogP contribution in [0.15, 0.2) is 29.8 Å². The van der Waals surface area contributed by atoms with Crippen LogP contribution in [0.5, 0.6) is 0 Å². The van der Waals surface area contributed by atoms with E-state index in [0.29, 0.717) is 10.0 Å². The van der Waals surface area contributed by atoms with Gasteiger partial charge in [-0.15, -0.1) is 11.3 Å². The third kappa shape index (κ3) is 3.69. The van der Waals surface area contributed by atoms with E-state index in [-0.39, 0.29) is 6.04 Å². The number of nitrogens with zero attached hydrogens (tertiary/aromatic N) is 1. The second-order valence-electron chi connectivity index (χ2n) is 4.02. The maximum Gasteiger partial charge on any atom is 0.0937 e. The molecule has 2 nitrogen and oxygen atoms in total. The Balaban J connectivity index is 1.89. The van der Waals surface area contributed by atoms with E-state index in [1.165, 1.54) is 0 Å². The van der Waals surface area contributed by atoms with Crippen LogP contribution in [-0.4, -0.2) is 11.5 Å². The van der Waals surface area contributed by atoms with Crippen molar-refractivity contribution >= 4 is 34.5 Å². The molecule has 1 aromatic carbocycles. The van der Waals surface area contributed by atoms with Gasteiger partial charge in [0.1, 0.15) is 0 Å². The van der Waals surface area contributed by atoms with Gasteiger partial charge in [-0.05, 0) is 24.6 Å². The summed E-state index contributed by atoms with van der Waals surface area (Å²) in [7, 11) is 0. The summed E-state index contributed by atoms with van der Waals surface area (Å²) in [6.45, 7) is 2.98. The average Bonchev–Trinajstić information content (AvgIpc) is 2.81. The van der Waals surface area contributed by atoms with Crippen LogP contribution in [0, 0.1) is 0 Å². The first-order valence-corrected chi connectivity index (χ1v) is 7.37. The van der Waals surface area contributed by atoms with Gasteiger partial charge in [-0.3, -0.25) is 0 Å². The number of hydrogen-bond acceptors (Lipinski definition) is 3. The molecular weight excluding hydrogens is 287 g/mol. The fourth-order valence-electron chi connectivity index (χ4n) is 1.73. The normalized spacial score (nSPS) is 12.6. The van der Waals surface area contributed by atoms with Crippen molar-refractivity contribution in [3.8, 4) is 0 Å². The lowest BCUT2D eigenvalue weighted by Crippen LogP contribution is -2.21. The zero-order valence-electron chi connectivity index (χ0n) is 9.99. The highest BCUT2D eigenvalue weighted by Crippen LogP contribution is 2.25. The predicted octanol–water partition coefficient (Wildman–Crippen LogP) is 4.34. The Labute approximate surface area is 121 Å². The number of aromatic nitrogens is 1. The van der Waals surface area contributed by atoms with Crippen molar-refractivity contribution in [1.29, 1.82) is 0 Å². The Morgan fingerprint density at radius 3 is 2.89 bits per heavy atom. The molecule has 1 N–H and O–H groups in total. The zero-order chi connectivity index (χ0) is 13.0. The third-order valence-electron chi connectivity index (χ3n) is 2.70. The maximum atomic E-state index is 6.17. The van der Waals surface area contributed by atoms with Gasteiger partial charge in [0.15, 0.2) is 0 Å². The largest absolute Gasteiger partial charge is 0.310 e. The third-order valence-corrected chi connectivity index (χ3v) is 4.10. The van der Waals surface area contributed by atoms with Crippen molar-refractivity contribution in [2.45, 2.75) is 19.4 Å². The first-order chi connectivity index (χ1) is 8.66. The van der Waals surface area contributed by atoms with E-state index in [1.807, 2.05) is 23.7 Å². The summed E-state index contributed by atoms with van der Waals surface area (Å²) in [5.41, 5.74) is 1.07. The monoisotopic (exact) mass is 300 g/mol. The van der Waals surface area contributed by atoms with Crippen molar-refractivity contribution in [1.82, 2.24) is 10.3 Å². The van der Waals surface area contributed by atoms with E-state index < -0.39 is 0 Å². The molecule has 2 aromatic rings. The lowest BCUT2D eigenvalue weighted by atomic mass is 10.1. The number of hydrogen-bond donors (Lipinski definition) is 1. The minimum atomic E-state index is 0.203. The summed E-state index contributed by atoms with van der Waals surface area (Å²) < 4.78 is 0. The fraction of sp³-hybridized carbons (Fsp3) is 0.308. The highest BCUT2D eigenvalue weighted by atomic mass is 35.5. The highest BCUT2D eigenvalue weighted by Gasteiger charge is 2.09. The van der Waals surface area contributed by atoms with Crippen LogP contribution in [0.2, 0.25) is 10.0 Å². The Morgan fingerprint density at radius 2 is 2.22 bits per heavy atom. The molecule has 0 aliphatic carbocycles. The summed E-state index contributed by atoms with van der Waals surface area (Å²) in [5.74, 6) is 0. The molecule has 0 fully saturated rings. The van der Waals surface area contributed by atoms with Gasteiger partial charge in [0.05, 0.1) is 5.01 Å². The van der Waals surface area contributed by atoms with E-state index in [0.717, 1.165) is 23.5 Å². The average molecular weight is 301 g/mol. The molecule has 0 saturated carbocycles. The molecule has 96 valence electrons. The van der Waals surface area contributed by atoms with E-state index in [2.05, 4.69) is 17.2 Å². The minimum absolute atomic E-state index is 0.203. The molecule has 1 atom stereocenters. The van der Waals surface area contributed by atoms with E-state index in [1.54, 1.807) is 17.4 Å². The predicted molar refractivity (Wildman–Crippen MR) is 78.7 cm³/mol. The molecule has 1 unspecified atom stereocenters. The van der Waals surface area contributed by atoms with Gasteiger partial charge in [-0.1, -0.05) is 29.3 Å². The molecule has 5 heteroatoms. The molecule has 0 aliphatic heterocycles. The molecule has 1 heterocycles. The smallest absolute Gasteiger partial charge is 0.0937 e. The number of halogens is 2. The molecule has 0 radical (unpaired) electrons. The summed E-state index contributed by atoms with van der Waals surface area (Å²) >= 11 is 13.7. The molecule has 0 saturated heterocycles. The maximum absolute atomic E-state index is 6.17. The molecule has 0 spiro atoms. The van der Waals surface area contributed by atoms with Crippen LogP contribution >= 0.6 is 34.5 Å². The SMILES string of the molecule is CC(NCCc1nccs1)c1ccc(Cl)cc1Cl. The Morgan fingerprint density at radius 1 is 1.39 bits per heavy atom. The van der Waals surface area contributed by atoms with Crippen molar-refractivity contribution in [2.75, 3.05) is 6.54 Å². The van der Waals surface area contributed by atoms with Crippen molar-refractivity contribution in [3.63, 3.8) is 0 Å². The summed E-state index contributed by atoms with van der Waals surface area (Å²) in [4.78, 5) is 4.25. The van der Waals surface area contributed by atoms with Crippen molar-refractivity contribution < 1.29 is 0 Å². The first-order valence-electron chi connectivity index (χ1n) is 5.73. The van der Waals surface area contributed by atoms with Gasteiger partial charge in [0.25, 0.3) is 0 Å². The fourth-order valence-corrected chi connectivity index (χ4v) is 2.93. The summed E-state index contributed by atoms with van der Waals surface area (Å²) in [6, 6.07) is 5.81. The molecule has 0 aliphatic rings. The quantitative estimate of drug-likeness (QED) is 0.888. The topological polar surface area (TPSA) is 24.9 Å². The first kappa shape index (κ1) is 13.8. The second kappa shape index (κ2) is 6.53. The van der Waals surface area contributed by atoms with Crippen LogP contribution < -0.4 is 5.32 Å². The van der Waals surface area contributed by atoms with Crippen LogP contribution in [0.3, 0.4) is 0 Å². The number of nitrogens with one attached hydrogen (secondary N) is 1. The van der Waals surface area contributed by atoms with Gasteiger partial charge in [0, 0.05) is 40.6 Å². The van der Waals surface area contributed by atoms with Gasteiger partial charge >= 0.3 is 0 Å². The summed E-state index contributed by atoms with van der Waals surface area (Å²) in [6.07, 6.45) is 2.77. The van der Waals surface area contributed by atoms with Gasteiger partial charge in [-0.25, -0.2) is 4.98 Å². The van der Waals surface area contributed by atoms with E-state index in [9.17, 15) is 0 Å². The molecule has 18 heavy (non-hydrogen) atoms. The van der Waals surface area contributed by atoms with Crippen molar-refractivity contribution in [3.05, 3.63) is 50.4 Å². The molecular formula is C13H14Cl2N2S. The number of thiazole rings is 1. The van der Waals surface area contributed by atoms with Crippen LogP contribution in [0.4, 0.5) is 0 Å². The van der Waals surface area contributed by atoms with Gasteiger partial charge < -0.3 is 5.32 Å². The highest BCUT2D eigenvalue weighted by molar-refractivity contribution is 7.09. The van der Waals surface area contributed by atoms with Crippen molar-refractivity contribution in [2.24, 2.45) is 0 Å². The number of rotatable bonds is 5. The standard InChI is InChI=1S/C13H14Cl2N2S/c1-9(11-3-2-10(14)8-12(11)15)16-5-4-13-17-6-7-18-13/h2-3,6-9,16H,4-5H2,1H3. The van der Waals surface area contributed by atoms with Crippen LogP contribution in [-0.2, 0) is 6.42 Å². The molecule has 1 aromatic heterocycles. The van der Waals surface area contributed by atoms with E-state index >= 15 is 0 Å².